The second kappa shape index (κ2) is 4.76. The first kappa shape index (κ1) is 12.9. The average Bonchev–Trinajstić information content (AvgIpc) is 2.43. The van der Waals surface area contributed by atoms with Crippen molar-refractivity contribution in [2.24, 2.45) is 0 Å². The highest BCUT2D eigenvalue weighted by molar-refractivity contribution is 6.29. The molecule has 1 aromatic heterocycles. The number of benzene rings is 2. The number of rotatable bonds is 1. The maximum Gasteiger partial charge on any atom is 0.266 e. The number of halogens is 1. The highest BCUT2D eigenvalue weighted by atomic mass is 35.5. The van der Waals surface area contributed by atoms with Crippen LogP contribution in [0.3, 0.4) is 0 Å². The predicted molar refractivity (Wildman–Crippen MR) is 81.8 cm³/mol. The summed E-state index contributed by atoms with van der Waals surface area (Å²) in [5, 5.41) is 0.750. The van der Waals surface area contributed by atoms with Crippen molar-refractivity contribution in [3.8, 4) is 5.69 Å². The van der Waals surface area contributed by atoms with Crippen LogP contribution in [-0.2, 0) is 0 Å². The molecule has 0 spiro atoms. The van der Waals surface area contributed by atoms with E-state index in [1.807, 2.05) is 44.2 Å². The van der Waals surface area contributed by atoms with E-state index in [9.17, 15) is 4.79 Å². The van der Waals surface area contributed by atoms with Crippen molar-refractivity contribution in [2.75, 3.05) is 0 Å². The molecule has 4 heteroatoms. The summed E-state index contributed by atoms with van der Waals surface area (Å²) in [6.45, 7) is 3.98. The molecule has 0 aliphatic rings. The lowest BCUT2D eigenvalue weighted by atomic mass is 10.1. The van der Waals surface area contributed by atoms with Crippen molar-refractivity contribution in [3.63, 3.8) is 0 Å². The van der Waals surface area contributed by atoms with Crippen LogP contribution in [0.1, 0.15) is 11.1 Å². The lowest BCUT2D eigenvalue weighted by Gasteiger charge is -2.13. The van der Waals surface area contributed by atoms with E-state index >= 15 is 0 Å². The van der Waals surface area contributed by atoms with Gasteiger partial charge < -0.3 is 0 Å². The van der Waals surface area contributed by atoms with E-state index in [4.69, 9.17) is 11.6 Å². The standard InChI is InChI=1S/C16H13ClN2O/c1-10-6-5-9-14(11(10)2)19-15(20)12-7-3-4-8-13(12)18-16(19)17/h3-9H,1-2H3. The van der Waals surface area contributed by atoms with E-state index in [0.29, 0.717) is 10.9 Å². The largest absolute Gasteiger partial charge is 0.268 e. The maximum absolute atomic E-state index is 12.7. The fraction of sp³-hybridized carbons (Fsp3) is 0.125. The molecule has 3 nitrogen and oxygen atoms in total. The molecule has 0 saturated carbocycles. The monoisotopic (exact) mass is 284 g/mol. The zero-order valence-electron chi connectivity index (χ0n) is 11.2. The Morgan fingerprint density at radius 2 is 1.80 bits per heavy atom. The molecule has 3 aromatic rings. The Morgan fingerprint density at radius 3 is 2.60 bits per heavy atom. The minimum Gasteiger partial charge on any atom is -0.268 e. The number of hydrogen-bond donors (Lipinski definition) is 0. The van der Waals surface area contributed by atoms with Crippen molar-refractivity contribution >= 4 is 22.5 Å². The molecule has 0 atom stereocenters. The fourth-order valence-corrected chi connectivity index (χ4v) is 2.55. The Bertz CT molecular complexity index is 868. The van der Waals surface area contributed by atoms with Gasteiger partial charge in [-0.1, -0.05) is 24.3 Å². The predicted octanol–water partition coefficient (Wildman–Crippen LogP) is 3.66. The molecule has 0 fully saturated rings. The quantitative estimate of drug-likeness (QED) is 0.639. The second-order valence-corrected chi connectivity index (χ2v) is 5.10. The molecule has 0 radical (unpaired) electrons. The molecule has 0 saturated heterocycles. The van der Waals surface area contributed by atoms with E-state index in [1.165, 1.54) is 4.57 Å². The van der Waals surface area contributed by atoms with Crippen molar-refractivity contribution in [1.82, 2.24) is 9.55 Å². The van der Waals surface area contributed by atoms with Crippen LogP contribution >= 0.6 is 11.6 Å². The molecule has 1 heterocycles. The normalized spacial score (nSPS) is 10.9. The first-order chi connectivity index (χ1) is 9.59. The lowest BCUT2D eigenvalue weighted by Crippen LogP contribution is -2.21. The average molecular weight is 285 g/mol. The van der Waals surface area contributed by atoms with Gasteiger partial charge in [0.05, 0.1) is 16.6 Å². The number of nitrogens with zero attached hydrogens (tertiary/aromatic N) is 2. The van der Waals surface area contributed by atoms with Crippen molar-refractivity contribution in [2.45, 2.75) is 13.8 Å². The van der Waals surface area contributed by atoms with E-state index < -0.39 is 0 Å². The third-order valence-corrected chi connectivity index (χ3v) is 3.81. The zero-order valence-corrected chi connectivity index (χ0v) is 12.0. The van der Waals surface area contributed by atoms with Crippen molar-refractivity contribution in [3.05, 3.63) is 69.2 Å². The summed E-state index contributed by atoms with van der Waals surface area (Å²) < 4.78 is 1.46. The lowest BCUT2D eigenvalue weighted by molar-refractivity contribution is 0.950. The Labute approximate surface area is 121 Å². The SMILES string of the molecule is Cc1cccc(-n2c(Cl)nc3ccccc3c2=O)c1C. The molecule has 0 aliphatic carbocycles. The van der Waals surface area contributed by atoms with Gasteiger partial charge in [0, 0.05) is 0 Å². The van der Waals surface area contributed by atoms with Gasteiger partial charge in [0.1, 0.15) is 0 Å². The van der Waals surface area contributed by atoms with Gasteiger partial charge in [-0.25, -0.2) is 4.98 Å². The van der Waals surface area contributed by atoms with E-state index in [0.717, 1.165) is 16.8 Å². The summed E-state index contributed by atoms with van der Waals surface area (Å²) in [7, 11) is 0. The van der Waals surface area contributed by atoms with Gasteiger partial charge in [-0.3, -0.25) is 9.36 Å². The minimum absolute atomic E-state index is 0.144. The minimum atomic E-state index is -0.144. The molecule has 0 aliphatic heterocycles. The summed E-state index contributed by atoms with van der Waals surface area (Å²) in [4.78, 5) is 17.0. The van der Waals surface area contributed by atoms with Gasteiger partial charge in [-0.2, -0.15) is 0 Å². The Balaban J connectivity index is 2.43. The maximum atomic E-state index is 12.7. The van der Waals surface area contributed by atoms with E-state index in [1.54, 1.807) is 12.1 Å². The molecule has 0 N–H and O–H groups in total. The number of aryl methyl sites for hydroxylation is 1. The molecule has 0 unspecified atom stereocenters. The smallest absolute Gasteiger partial charge is 0.266 e. The summed E-state index contributed by atoms with van der Waals surface area (Å²) in [5.41, 5.74) is 3.38. The van der Waals surface area contributed by atoms with Crippen LogP contribution in [0, 0.1) is 13.8 Å². The number of para-hydroxylation sites is 1. The van der Waals surface area contributed by atoms with Gasteiger partial charge in [0.25, 0.3) is 5.56 Å². The third-order valence-electron chi connectivity index (χ3n) is 3.55. The molecule has 0 bridgehead atoms. The molecular formula is C16H13ClN2O. The summed E-state index contributed by atoms with van der Waals surface area (Å²) in [6.07, 6.45) is 0. The van der Waals surface area contributed by atoms with Gasteiger partial charge in [-0.15, -0.1) is 0 Å². The Hall–Kier alpha value is -2.13. The van der Waals surface area contributed by atoms with Crippen LogP contribution in [0.4, 0.5) is 0 Å². The van der Waals surface area contributed by atoms with Crippen LogP contribution in [-0.4, -0.2) is 9.55 Å². The molecule has 100 valence electrons. The van der Waals surface area contributed by atoms with Crippen LogP contribution in [0.25, 0.3) is 16.6 Å². The van der Waals surface area contributed by atoms with Crippen molar-refractivity contribution < 1.29 is 0 Å². The van der Waals surface area contributed by atoms with Crippen LogP contribution in [0.5, 0.6) is 0 Å². The molecular weight excluding hydrogens is 272 g/mol. The molecule has 0 amide bonds. The van der Waals surface area contributed by atoms with E-state index in [-0.39, 0.29) is 10.8 Å². The molecule has 2 aromatic carbocycles. The Kier molecular flexibility index (Phi) is 3.07. The Morgan fingerprint density at radius 1 is 1.05 bits per heavy atom. The first-order valence-corrected chi connectivity index (χ1v) is 6.71. The van der Waals surface area contributed by atoms with Crippen molar-refractivity contribution in [1.29, 1.82) is 0 Å². The van der Waals surface area contributed by atoms with Crippen LogP contribution in [0.2, 0.25) is 5.28 Å². The third kappa shape index (κ3) is 1.91. The van der Waals surface area contributed by atoms with Gasteiger partial charge in [0.2, 0.25) is 5.28 Å². The first-order valence-electron chi connectivity index (χ1n) is 6.33. The fourth-order valence-electron chi connectivity index (χ4n) is 2.29. The highest BCUT2D eigenvalue weighted by Gasteiger charge is 2.13. The summed E-state index contributed by atoms with van der Waals surface area (Å²) in [5.74, 6) is 0. The topological polar surface area (TPSA) is 34.9 Å². The zero-order chi connectivity index (χ0) is 14.3. The number of aromatic nitrogens is 2. The van der Waals surface area contributed by atoms with Gasteiger partial charge in [-0.05, 0) is 54.8 Å². The second-order valence-electron chi connectivity index (χ2n) is 4.76. The number of fused-ring (bicyclic) bond motifs is 1. The highest BCUT2D eigenvalue weighted by Crippen LogP contribution is 2.20. The summed E-state index contributed by atoms with van der Waals surface area (Å²) >= 11 is 6.22. The molecule has 20 heavy (non-hydrogen) atoms. The van der Waals surface area contributed by atoms with Crippen LogP contribution in [0.15, 0.2) is 47.3 Å². The summed E-state index contributed by atoms with van der Waals surface area (Å²) in [6, 6.07) is 13.0. The van der Waals surface area contributed by atoms with Gasteiger partial charge in [0.15, 0.2) is 0 Å². The number of hydrogen-bond acceptors (Lipinski definition) is 2. The van der Waals surface area contributed by atoms with Gasteiger partial charge >= 0.3 is 0 Å². The molecule has 3 rings (SSSR count). The van der Waals surface area contributed by atoms with E-state index in [2.05, 4.69) is 4.98 Å². The van der Waals surface area contributed by atoms with Crippen LogP contribution < -0.4 is 5.56 Å².